The van der Waals surface area contributed by atoms with Crippen LogP contribution in [0.1, 0.15) is 5.56 Å². The first-order chi connectivity index (χ1) is 5.17. The molecule has 1 aliphatic rings. The number of para-hydroxylation sites is 1. The van der Waals surface area contributed by atoms with Crippen LogP contribution in [0.5, 0.6) is 0 Å². The first kappa shape index (κ1) is 7.33. The van der Waals surface area contributed by atoms with Gasteiger partial charge < -0.3 is 5.09 Å². The van der Waals surface area contributed by atoms with Crippen LogP contribution >= 0.6 is 6.19 Å². The Hall–Kier alpha value is -0.330. The zero-order valence-corrected chi connectivity index (χ0v) is 8.08. The van der Waals surface area contributed by atoms with Crippen molar-refractivity contribution in [1.29, 1.82) is 0 Å². The van der Waals surface area contributed by atoms with Crippen LogP contribution in [0.15, 0.2) is 24.3 Å². The molecule has 0 saturated carbocycles. The summed E-state index contributed by atoms with van der Waals surface area (Å²) in [6.45, 7) is 2.16. The number of anilines is 1. The van der Waals surface area contributed by atoms with E-state index in [0.717, 1.165) is 6.16 Å². The smallest absolute Gasteiger partial charge is 0.0414 e. The maximum Gasteiger partial charge on any atom is 0.0414 e. The van der Waals surface area contributed by atoms with E-state index in [1.807, 2.05) is 6.07 Å². The first-order valence-electron chi connectivity index (χ1n) is 3.60. The summed E-state index contributed by atoms with van der Waals surface area (Å²) in [5.41, 5.74) is 2.64. The molecule has 0 spiro atoms. The summed E-state index contributed by atoms with van der Waals surface area (Å²) >= 11 is 5.41. The minimum atomic E-state index is -1.24. The average Bonchev–Trinajstić information content (AvgIpc) is 2.21. The molecule has 0 fully saturated rings. The minimum absolute atomic E-state index is 1.07. The van der Waals surface area contributed by atoms with Crippen molar-refractivity contribution in [2.24, 2.45) is 0 Å². The predicted molar refractivity (Wildman–Crippen MR) is 54.0 cm³/mol. The number of hydrogen-bond acceptors (Lipinski definition) is 1. The molecule has 1 atom stereocenters. The lowest BCUT2D eigenvalue weighted by Gasteiger charge is -2.07. The summed E-state index contributed by atoms with van der Waals surface area (Å²) in [7, 11) is 0. The van der Waals surface area contributed by atoms with Gasteiger partial charge in [0.05, 0.1) is 0 Å². The third kappa shape index (κ3) is 1.33. The summed E-state index contributed by atoms with van der Waals surface area (Å²) in [6, 6.07) is 8.38. The normalized spacial score (nSPS) is 27.7. The van der Waals surface area contributed by atoms with E-state index in [4.69, 9.17) is 11.8 Å². The number of hydrogen-bond donors (Lipinski definition) is 1. The van der Waals surface area contributed by atoms with Gasteiger partial charge in [0.2, 0.25) is 0 Å². The maximum atomic E-state index is 5.41. The van der Waals surface area contributed by atoms with Crippen LogP contribution in [0.25, 0.3) is 0 Å². The molecule has 0 amide bonds. The zero-order chi connectivity index (χ0) is 7.90. The molecule has 2 rings (SSSR count). The van der Waals surface area contributed by atoms with E-state index in [-0.39, 0.29) is 0 Å². The van der Waals surface area contributed by atoms with Crippen molar-refractivity contribution < 1.29 is 0 Å². The molecule has 1 aromatic carbocycles. The number of rotatable bonds is 0. The molecule has 1 unspecified atom stereocenters. The van der Waals surface area contributed by atoms with E-state index in [1.54, 1.807) is 0 Å². The highest BCUT2D eigenvalue weighted by atomic mass is 32.4. The molecule has 1 heterocycles. The Morgan fingerprint density at radius 1 is 1.45 bits per heavy atom. The standard InChI is InChI=1S/C8H10NPS/c1-10(11)6-7-4-2-3-5-8(7)9-10/h2-5H,6H2,1H3,(H,9,11). The Kier molecular flexibility index (Phi) is 1.55. The van der Waals surface area contributed by atoms with Gasteiger partial charge in [0.1, 0.15) is 0 Å². The molecule has 0 aliphatic carbocycles. The number of nitrogens with one attached hydrogen (secondary N) is 1. The van der Waals surface area contributed by atoms with Gasteiger partial charge in [-0.25, -0.2) is 0 Å². The summed E-state index contributed by atoms with van der Waals surface area (Å²) in [4.78, 5) is 0. The molecular formula is C8H10NPS. The number of fused-ring (bicyclic) bond motifs is 1. The van der Waals surface area contributed by atoms with Crippen LogP contribution in [0, 0.1) is 0 Å². The van der Waals surface area contributed by atoms with E-state index < -0.39 is 6.19 Å². The SMILES string of the molecule is CP1(=S)Cc2ccccc2N1. The van der Waals surface area contributed by atoms with Crippen LogP contribution in [-0.4, -0.2) is 6.66 Å². The van der Waals surface area contributed by atoms with Gasteiger partial charge in [-0.05, 0) is 18.3 Å². The van der Waals surface area contributed by atoms with Crippen LogP contribution in [0.3, 0.4) is 0 Å². The molecule has 58 valence electrons. The van der Waals surface area contributed by atoms with Gasteiger partial charge in [0.25, 0.3) is 0 Å². The van der Waals surface area contributed by atoms with Crippen molar-refractivity contribution in [3.8, 4) is 0 Å². The lowest BCUT2D eigenvalue weighted by atomic mass is 10.2. The van der Waals surface area contributed by atoms with Crippen molar-refractivity contribution in [2.75, 3.05) is 11.8 Å². The van der Waals surface area contributed by atoms with Gasteiger partial charge in [-0.2, -0.15) is 0 Å². The third-order valence-corrected chi connectivity index (χ3v) is 4.17. The lowest BCUT2D eigenvalue weighted by molar-refractivity contribution is 1.45. The second-order valence-electron chi connectivity index (χ2n) is 3.03. The molecule has 1 nitrogen and oxygen atoms in total. The lowest BCUT2D eigenvalue weighted by Crippen LogP contribution is -1.84. The molecule has 11 heavy (non-hydrogen) atoms. The molecule has 0 radical (unpaired) electrons. The van der Waals surface area contributed by atoms with Crippen molar-refractivity contribution in [2.45, 2.75) is 6.16 Å². The molecule has 1 N–H and O–H groups in total. The summed E-state index contributed by atoms with van der Waals surface area (Å²) in [5, 5.41) is 3.40. The van der Waals surface area contributed by atoms with Crippen LogP contribution in [0.4, 0.5) is 5.69 Å². The fourth-order valence-electron chi connectivity index (χ4n) is 1.39. The second-order valence-corrected chi connectivity index (χ2v) is 8.19. The first-order valence-corrected chi connectivity index (χ1v) is 7.04. The van der Waals surface area contributed by atoms with Crippen molar-refractivity contribution in [3.63, 3.8) is 0 Å². The van der Waals surface area contributed by atoms with Crippen LogP contribution in [0.2, 0.25) is 0 Å². The highest BCUT2D eigenvalue weighted by molar-refractivity contribution is 8.14. The Bertz CT molecular complexity index is 306. The fourth-order valence-corrected chi connectivity index (χ4v) is 3.83. The highest BCUT2D eigenvalue weighted by Gasteiger charge is 2.20. The largest absolute Gasteiger partial charge is 0.357 e. The zero-order valence-electron chi connectivity index (χ0n) is 6.37. The van der Waals surface area contributed by atoms with Crippen LogP contribution in [-0.2, 0) is 18.0 Å². The van der Waals surface area contributed by atoms with Crippen LogP contribution < -0.4 is 5.09 Å². The summed E-state index contributed by atoms with van der Waals surface area (Å²) in [6.07, 6.45) is -0.174. The second kappa shape index (κ2) is 2.33. The topological polar surface area (TPSA) is 12.0 Å². The van der Waals surface area contributed by atoms with Gasteiger partial charge in [0.15, 0.2) is 0 Å². The number of benzene rings is 1. The minimum Gasteiger partial charge on any atom is -0.357 e. The monoisotopic (exact) mass is 183 g/mol. The van der Waals surface area contributed by atoms with Gasteiger partial charge in [-0.3, -0.25) is 0 Å². The van der Waals surface area contributed by atoms with E-state index in [0.29, 0.717) is 0 Å². The maximum absolute atomic E-state index is 5.41. The Labute approximate surface area is 71.9 Å². The summed E-state index contributed by atoms with van der Waals surface area (Å²) in [5.74, 6) is 0. The quantitative estimate of drug-likeness (QED) is 0.620. The molecule has 1 aliphatic heterocycles. The highest BCUT2D eigenvalue weighted by Crippen LogP contribution is 2.52. The van der Waals surface area contributed by atoms with E-state index >= 15 is 0 Å². The van der Waals surface area contributed by atoms with E-state index in [2.05, 4.69) is 30.0 Å². The molecule has 3 heteroatoms. The Morgan fingerprint density at radius 3 is 2.91 bits per heavy atom. The molecule has 0 aromatic heterocycles. The molecule has 0 bridgehead atoms. The molecular weight excluding hydrogens is 173 g/mol. The summed E-state index contributed by atoms with van der Waals surface area (Å²) < 4.78 is 0. The van der Waals surface area contributed by atoms with E-state index in [9.17, 15) is 0 Å². The molecule has 1 aromatic rings. The van der Waals surface area contributed by atoms with Crippen molar-refractivity contribution in [1.82, 2.24) is 0 Å². The molecule has 0 saturated heterocycles. The third-order valence-electron chi connectivity index (χ3n) is 1.85. The Morgan fingerprint density at radius 2 is 2.18 bits per heavy atom. The average molecular weight is 183 g/mol. The van der Waals surface area contributed by atoms with Gasteiger partial charge >= 0.3 is 0 Å². The van der Waals surface area contributed by atoms with Gasteiger partial charge in [-0.1, -0.05) is 30.0 Å². The predicted octanol–water partition coefficient (Wildman–Crippen LogP) is 2.64. The fraction of sp³-hybridized carbons (Fsp3) is 0.250. The van der Waals surface area contributed by atoms with Gasteiger partial charge in [-0.15, -0.1) is 0 Å². The Balaban J connectivity index is 2.49. The van der Waals surface area contributed by atoms with Gasteiger partial charge in [0, 0.05) is 18.0 Å². The van der Waals surface area contributed by atoms with Crippen molar-refractivity contribution in [3.05, 3.63) is 29.8 Å². The van der Waals surface area contributed by atoms with E-state index in [1.165, 1.54) is 11.3 Å². The van der Waals surface area contributed by atoms with Crippen molar-refractivity contribution >= 4 is 23.7 Å².